The molecule has 1 amide bonds. The number of aromatic nitrogens is 2. The van der Waals surface area contributed by atoms with E-state index in [9.17, 15) is 4.79 Å². The summed E-state index contributed by atoms with van der Waals surface area (Å²) in [5, 5.41) is 0. The molecule has 0 radical (unpaired) electrons. The Labute approximate surface area is 190 Å². The normalized spacial score (nSPS) is 17.4. The van der Waals surface area contributed by atoms with Crippen LogP contribution in [0, 0.1) is 0 Å². The number of nitrogens with zero attached hydrogens (tertiary/aromatic N) is 3. The van der Waals surface area contributed by atoms with Crippen molar-refractivity contribution in [3.8, 4) is 0 Å². The minimum absolute atomic E-state index is 0.0583. The number of hydrogen-bond acceptors (Lipinski definition) is 2. The summed E-state index contributed by atoms with van der Waals surface area (Å²) in [5.41, 5.74) is 4.48. The van der Waals surface area contributed by atoms with Crippen LogP contribution in [0.2, 0.25) is 0 Å². The molecule has 156 valence electrons. The van der Waals surface area contributed by atoms with Gasteiger partial charge < -0.3 is 9.47 Å². The van der Waals surface area contributed by atoms with Gasteiger partial charge in [-0.3, -0.25) is 4.79 Å². The van der Waals surface area contributed by atoms with Gasteiger partial charge in [0.25, 0.3) is 0 Å². The van der Waals surface area contributed by atoms with Crippen molar-refractivity contribution in [3.63, 3.8) is 0 Å². The average molecular weight is 474 g/mol. The molecule has 1 aliphatic heterocycles. The van der Waals surface area contributed by atoms with E-state index in [4.69, 9.17) is 4.98 Å². The maximum atomic E-state index is 13.0. The standard InChI is InChI=1S/C26H24BrN3O/c1-18(20-7-3-2-4-8-20)29-17-21(15-25(29)31)26-28-23-9-5-6-10-24(23)30(26)16-19-11-13-22(27)14-12-19/h2-14,18,21H,15-17H2,1H3. The highest BCUT2D eigenvalue weighted by molar-refractivity contribution is 9.10. The fourth-order valence-corrected chi connectivity index (χ4v) is 4.80. The van der Waals surface area contributed by atoms with E-state index in [1.165, 1.54) is 11.1 Å². The van der Waals surface area contributed by atoms with Crippen LogP contribution in [-0.2, 0) is 11.3 Å². The third-order valence-corrected chi connectivity index (χ3v) is 6.74. The monoisotopic (exact) mass is 473 g/mol. The van der Waals surface area contributed by atoms with E-state index in [0.29, 0.717) is 13.0 Å². The van der Waals surface area contributed by atoms with Crippen molar-refractivity contribution in [1.82, 2.24) is 14.5 Å². The molecule has 31 heavy (non-hydrogen) atoms. The van der Waals surface area contributed by atoms with Gasteiger partial charge in [0, 0.05) is 29.9 Å². The summed E-state index contributed by atoms with van der Waals surface area (Å²) in [6, 6.07) is 26.9. The van der Waals surface area contributed by atoms with E-state index in [1.54, 1.807) is 0 Å². The summed E-state index contributed by atoms with van der Waals surface area (Å²) in [6.45, 7) is 3.54. The molecule has 0 spiro atoms. The lowest BCUT2D eigenvalue weighted by molar-refractivity contribution is -0.129. The van der Waals surface area contributed by atoms with Crippen LogP contribution >= 0.6 is 15.9 Å². The van der Waals surface area contributed by atoms with Crippen molar-refractivity contribution in [1.29, 1.82) is 0 Å². The first-order chi connectivity index (χ1) is 15.1. The van der Waals surface area contributed by atoms with Gasteiger partial charge in [0.05, 0.1) is 17.1 Å². The fourth-order valence-electron chi connectivity index (χ4n) is 4.53. The lowest BCUT2D eigenvalue weighted by Crippen LogP contribution is -2.28. The molecule has 4 aromatic rings. The van der Waals surface area contributed by atoms with Crippen LogP contribution in [0.1, 0.15) is 42.3 Å². The summed E-state index contributed by atoms with van der Waals surface area (Å²) in [7, 11) is 0. The van der Waals surface area contributed by atoms with Crippen molar-refractivity contribution in [2.24, 2.45) is 0 Å². The molecule has 4 nitrogen and oxygen atoms in total. The van der Waals surface area contributed by atoms with E-state index in [0.717, 1.165) is 27.9 Å². The first-order valence-corrected chi connectivity index (χ1v) is 11.4. The van der Waals surface area contributed by atoms with Crippen molar-refractivity contribution in [3.05, 3.63) is 100 Å². The molecule has 3 aromatic carbocycles. The Balaban J connectivity index is 1.48. The molecule has 5 heteroatoms. The van der Waals surface area contributed by atoms with Crippen molar-refractivity contribution in [2.45, 2.75) is 31.8 Å². The van der Waals surface area contributed by atoms with E-state index in [-0.39, 0.29) is 17.9 Å². The molecule has 0 saturated carbocycles. The minimum Gasteiger partial charge on any atom is -0.335 e. The Hall–Kier alpha value is -2.92. The second kappa shape index (κ2) is 8.31. The molecule has 1 saturated heterocycles. The number of likely N-dealkylation sites (tertiary alicyclic amines) is 1. The van der Waals surface area contributed by atoms with Gasteiger partial charge in [0.2, 0.25) is 5.91 Å². The zero-order valence-electron chi connectivity index (χ0n) is 17.4. The van der Waals surface area contributed by atoms with Gasteiger partial charge in [-0.1, -0.05) is 70.5 Å². The summed E-state index contributed by atoms with van der Waals surface area (Å²) in [6.07, 6.45) is 0.501. The smallest absolute Gasteiger partial charge is 0.223 e. The predicted molar refractivity (Wildman–Crippen MR) is 127 cm³/mol. The molecule has 1 aromatic heterocycles. The van der Waals surface area contributed by atoms with Crippen molar-refractivity contribution >= 4 is 32.9 Å². The Morgan fingerprint density at radius 1 is 1.00 bits per heavy atom. The molecule has 0 N–H and O–H groups in total. The molecule has 1 fully saturated rings. The molecule has 0 bridgehead atoms. The number of benzene rings is 3. The average Bonchev–Trinajstić information content (AvgIpc) is 3.36. The second-order valence-corrected chi connectivity index (χ2v) is 9.12. The van der Waals surface area contributed by atoms with Gasteiger partial charge in [-0.25, -0.2) is 4.98 Å². The summed E-state index contributed by atoms with van der Waals surface area (Å²) in [4.78, 5) is 20.0. The number of para-hydroxylation sites is 2. The maximum Gasteiger partial charge on any atom is 0.223 e. The van der Waals surface area contributed by atoms with Crippen LogP contribution < -0.4 is 0 Å². The summed E-state index contributed by atoms with van der Waals surface area (Å²) >= 11 is 3.52. The highest BCUT2D eigenvalue weighted by Crippen LogP contribution is 2.35. The van der Waals surface area contributed by atoms with Gasteiger partial charge in [-0.05, 0) is 42.3 Å². The van der Waals surface area contributed by atoms with E-state index >= 15 is 0 Å². The number of hydrogen-bond donors (Lipinski definition) is 0. The second-order valence-electron chi connectivity index (χ2n) is 8.21. The Morgan fingerprint density at radius 2 is 1.71 bits per heavy atom. The van der Waals surface area contributed by atoms with Gasteiger partial charge >= 0.3 is 0 Å². The molecular weight excluding hydrogens is 450 g/mol. The number of carbonyl (C=O) groups excluding carboxylic acids is 1. The van der Waals surface area contributed by atoms with Gasteiger partial charge in [0.1, 0.15) is 5.82 Å². The largest absolute Gasteiger partial charge is 0.335 e. The number of rotatable bonds is 5. The number of fused-ring (bicyclic) bond motifs is 1. The maximum absolute atomic E-state index is 13.0. The van der Waals surface area contributed by atoms with E-state index in [2.05, 4.69) is 82.0 Å². The number of imidazole rings is 1. The van der Waals surface area contributed by atoms with Crippen molar-refractivity contribution < 1.29 is 4.79 Å². The predicted octanol–water partition coefficient (Wildman–Crippen LogP) is 5.92. The third-order valence-electron chi connectivity index (χ3n) is 6.21. The molecule has 1 aliphatic rings. The quantitative estimate of drug-likeness (QED) is 0.360. The topological polar surface area (TPSA) is 38.1 Å². The number of carbonyl (C=O) groups is 1. The molecular formula is C26H24BrN3O. The molecule has 5 rings (SSSR count). The molecule has 2 heterocycles. The van der Waals surface area contributed by atoms with Crippen LogP contribution in [0.4, 0.5) is 0 Å². The van der Waals surface area contributed by atoms with Crippen LogP contribution in [0.25, 0.3) is 11.0 Å². The van der Waals surface area contributed by atoms with Crippen LogP contribution in [0.15, 0.2) is 83.3 Å². The van der Waals surface area contributed by atoms with Gasteiger partial charge in [-0.15, -0.1) is 0 Å². The summed E-state index contributed by atoms with van der Waals surface area (Å²) < 4.78 is 3.35. The van der Waals surface area contributed by atoms with Crippen LogP contribution in [0.3, 0.4) is 0 Å². The zero-order chi connectivity index (χ0) is 21.4. The Morgan fingerprint density at radius 3 is 2.48 bits per heavy atom. The van der Waals surface area contributed by atoms with Crippen molar-refractivity contribution in [2.75, 3.05) is 6.54 Å². The van der Waals surface area contributed by atoms with Gasteiger partial charge in [0.15, 0.2) is 0 Å². The SMILES string of the molecule is CC(c1ccccc1)N1CC(c2nc3ccccc3n2Cc2ccc(Br)cc2)CC1=O. The number of amides is 1. The summed E-state index contributed by atoms with van der Waals surface area (Å²) in [5.74, 6) is 1.28. The van der Waals surface area contributed by atoms with Gasteiger partial charge in [-0.2, -0.15) is 0 Å². The minimum atomic E-state index is 0.0583. The Kier molecular flexibility index (Phi) is 5.36. The molecule has 2 unspecified atom stereocenters. The molecule has 0 aliphatic carbocycles. The van der Waals surface area contributed by atoms with E-state index in [1.807, 2.05) is 29.2 Å². The number of halogens is 1. The Bertz CT molecular complexity index is 1220. The lowest BCUT2D eigenvalue weighted by atomic mass is 10.1. The zero-order valence-corrected chi connectivity index (χ0v) is 19.0. The highest BCUT2D eigenvalue weighted by Gasteiger charge is 2.36. The van der Waals surface area contributed by atoms with E-state index < -0.39 is 0 Å². The first kappa shape index (κ1) is 20.0. The van der Waals surface area contributed by atoms with Crippen LogP contribution in [-0.4, -0.2) is 26.9 Å². The van der Waals surface area contributed by atoms with Crippen LogP contribution in [0.5, 0.6) is 0 Å². The fraction of sp³-hybridized carbons (Fsp3) is 0.231. The third kappa shape index (κ3) is 3.90. The molecule has 2 atom stereocenters. The lowest BCUT2D eigenvalue weighted by Gasteiger charge is -2.25. The highest BCUT2D eigenvalue weighted by atomic mass is 79.9. The first-order valence-electron chi connectivity index (χ1n) is 10.6.